The number of benzene rings is 1. The molecule has 0 saturated carbocycles. The first kappa shape index (κ1) is 16.7. The first-order valence-electron chi connectivity index (χ1n) is 6.20. The third kappa shape index (κ3) is 4.94. The molecule has 6 heteroatoms. The highest BCUT2D eigenvalue weighted by Crippen LogP contribution is 2.14. The smallest absolute Gasteiger partial charge is 0.240 e. The van der Waals surface area contributed by atoms with Crippen molar-refractivity contribution in [3.05, 3.63) is 29.3 Å². The minimum atomic E-state index is -3.50. The van der Waals surface area contributed by atoms with Crippen molar-refractivity contribution in [1.82, 2.24) is 4.72 Å². The normalized spacial score (nSPS) is 10.9. The summed E-state index contributed by atoms with van der Waals surface area (Å²) in [4.78, 5) is 0.210. The van der Waals surface area contributed by atoms with E-state index < -0.39 is 10.0 Å². The summed E-state index contributed by atoms with van der Waals surface area (Å²) in [6.45, 7) is 2.41. The Kier molecular flexibility index (Phi) is 6.68. The monoisotopic (exact) mass is 297 g/mol. The van der Waals surface area contributed by atoms with E-state index in [0.717, 1.165) is 5.56 Å². The molecule has 20 heavy (non-hydrogen) atoms. The van der Waals surface area contributed by atoms with Crippen molar-refractivity contribution < 1.29 is 18.3 Å². The van der Waals surface area contributed by atoms with Gasteiger partial charge in [-0.2, -0.15) is 0 Å². The highest BCUT2D eigenvalue weighted by atomic mass is 32.2. The molecule has 2 N–H and O–H groups in total. The van der Waals surface area contributed by atoms with Gasteiger partial charge in [-0.25, -0.2) is 13.1 Å². The van der Waals surface area contributed by atoms with Crippen LogP contribution in [-0.2, 0) is 14.8 Å². The standard InChI is InChI=1S/C14H19NO4S/c1-12-11-14(7-6-13(12)5-3-9-16)20(17,18)15-8-4-10-19-2/h6-7,11,15-16H,4,8-10H2,1-2H3. The van der Waals surface area contributed by atoms with Crippen molar-refractivity contribution in [2.24, 2.45) is 0 Å². The molecular formula is C14H19NO4S. The topological polar surface area (TPSA) is 75.6 Å². The third-order valence-corrected chi connectivity index (χ3v) is 4.09. The molecule has 0 saturated heterocycles. The molecule has 1 rings (SSSR count). The van der Waals surface area contributed by atoms with E-state index in [4.69, 9.17) is 9.84 Å². The van der Waals surface area contributed by atoms with Crippen LogP contribution in [0.15, 0.2) is 23.1 Å². The zero-order valence-corrected chi connectivity index (χ0v) is 12.5. The van der Waals surface area contributed by atoms with Gasteiger partial charge >= 0.3 is 0 Å². The molecule has 5 nitrogen and oxygen atoms in total. The van der Waals surface area contributed by atoms with E-state index in [2.05, 4.69) is 16.6 Å². The lowest BCUT2D eigenvalue weighted by Crippen LogP contribution is -2.25. The van der Waals surface area contributed by atoms with Gasteiger partial charge < -0.3 is 9.84 Å². The van der Waals surface area contributed by atoms with Gasteiger partial charge in [0.1, 0.15) is 6.61 Å². The van der Waals surface area contributed by atoms with E-state index >= 15 is 0 Å². The van der Waals surface area contributed by atoms with E-state index in [1.54, 1.807) is 26.2 Å². The Morgan fingerprint density at radius 3 is 2.75 bits per heavy atom. The number of aliphatic hydroxyl groups excluding tert-OH is 1. The zero-order chi connectivity index (χ0) is 15.0. The molecule has 0 heterocycles. The van der Waals surface area contributed by atoms with Crippen LogP contribution in [0.4, 0.5) is 0 Å². The SMILES string of the molecule is COCCCNS(=O)(=O)c1ccc(C#CCO)c(C)c1. The molecule has 0 aliphatic rings. The molecule has 0 fully saturated rings. The molecule has 110 valence electrons. The number of rotatable bonds is 6. The summed E-state index contributed by atoms with van der Waals surface area (Å²) in [5.74, 6) is 5.31. The summed E-state index contributed by atoms with van der Waals surface area (Å²) in [6.07, 6.45) is 0.620. The average molecular weight is 297 g/mol. The van der Waals surface area contributed by atoms with E-state index in [9.17, 15) is 8.42 Å². The van der Waals surface area contributed by atoms with Gasteiger partial charge in [0.2, 0.25) is 10.0 Å². The van der Waals surface area contributed by atoms with Crippen molar-refractivity contribution in [2.45, 2.75) is 18.2 Å². The summed E-state index contributed by atoms with van der Waals surface area (Å²) >= 11 is 0. The average Bonchev–Trinajstić information content (AvgIpc) is 2.42. The Hall–Kier alpha value is -1.39. The van der Waals surface area contributed by atoms with Crippen molar-refractivity contribution >= 4 is 10.0 Å². The molecule has 0 aliphatic heterocycles. The zero-order valence-electron chi connectivity index (χ0n) is 11.6. The van der Waals surface area contributed by atoms with E-state index in [1.165, 1.54) is 6.07 Å². The van der Waals surface area contributed by atoms with Crippen LogP contribution < -0.4 is 4.72 Å². The second-order valence-electron chi connectivity index (χ2n) is 4.18. The van der Waals surface area contributed by atoms with Crippen LogP contribution in [0.3, 0.4) is 0 Å². The number of sulfonamides is 1. The predicted molar refractivity (Wildman–Crippen MR) is 76.8 cm³/mol. The van der Waals surface area contributed by atoms with E-state index in [0.29, 0.717) is 25.1 Å². The molecular weight excluding hydrogens is 278 g/mol. The minimum Gasteiger partial charge on any atom is -0.385 e. The van der Waals surface area contributed by atoms with Gasteiger partial charge in [-0.05, 0) is 37.1 Å². The molecule has 0 radical (unpaired) electrons. The lowest BCUT2D eigenvalue weighted by atomic mass is 10.1. The number of ether oxygens (including phenoxy) is 1. The summed E-state index contributed by atoms with van der Waals surface area (Å²) in [5.41, 5.74) is 1.46. The van der Waals surface area contributed by atoms with Gasteiger partial charge in [0.05, 0.1) is 4.90 Å². The summed E-state index contributed by atoms with van der Waals surface area (Å²) in [5, 5.41) is 8.65. The Morgan fingerprint density at radius 2 is 2.15 bits per heavy atom. The maximum Gasteiger partial charge on any atom is 0.240 e. The van der Waals surface area contributed by atoms with Crippen LogP contribution in [0, 0.1) is 18.8 Å². The quantitative estimate of drug-likeness (QED) is 0.597. The number of methoxy groups -OCH3 is 1. The van der Waals surface area contributed by atoms with Gasteiger partial charge in [-0.1, -0.05) is 11.8 Å². The fourth-order valence-electron chi connectivity index (χ4n) is 1.58. The number of aliphatic hydroxyl groups is 1. The second kappa shape index (κ2) is 8.02. The van der Waals surface area contributed by atoms with Crippen LogP contribution in [0.2, 0.25) is 0 Å². The molecule has 0 aromatic heterocycles. The fraction of sp³-hybridized carbons (Fsp3) is 0.429. The van der Waals surface area contributed by atoms with Crippen molar-refractivity contribution in [3.8, 4) is 11.8 Å². The Morgan fingerprint density at radius 1 is 1.40 bits per heavy atom. The maximum atomic E-state index is 12.0. The predicted octanol–water partition coefficient (Wildman–Crippen LogP) is 0.654. The van der Waals surface area contributed by atoms with Crippen molar-refractivity contribution in [3.63, 3.8) is 0 Å². The van der Waals surface area contributed by atoms with Gasteiger partial charge in [0.25, 0.3) is 0 Å². The molecule has 1 aromatic rings. The van der Waals surface area contributed by atoms with Crippen molar-refractivity contribution in [1.29, 1.82) is 0 Å². The Bertz CT molecular complexity index is 599. The molecule has 0 aliphatic carbocycles. The largest absolute Gasteiger partial charge is 0.385 e. The second-order valence-corrected chi connectivity index (χ2v) is 5.95. The van der Waals surface area contributed by atoms with Gasteiger partial charge in [0, 0.05) is 25.8 Å². The Labute approximate surface area is 120 Å². The van der Waals surface area contributed by atoms with Gasteiger partial charge in [-0.3, -0.25) is 0 Å². The molecule has 0 bridgehead atoms. The molecule has 1 aromatic carbocycles. The molecule has 0 unspecified atom stereocenters. The Balaban J connectivity index is 2.83. The first-order valence-corrected chi connectivity index (χ1v) is 7.68. The van der Waals surface area contributed by atoms with Crippen LogP contribution in [0.25, 0.3) is 0 Å². The number of hydrogen-bond acceptors (Lipinski definition) is 4. The maximum absolute atomic E-state index is 12.0. The molecule has 0 amide bonds. The highest BCUT2D eigenvalue weighted by molar-refractivity contribution is 7.89. The minimum absolute atomic E-state index is 0.210. The summed E-state index contributed by atoms with van der Waals surface area (Å²) < 4.78 is 31.5. The molecule has 0 atom stereocenters. The molecule has 0 spiro atoms. The van der Waals surface area contributed by atoms with Gasteiger partial charge in [0.15, 0.2) is 0 Å². The van der Waals surface area contributed by atoms with E-state index in [1.807, 2.05) is 0 Å². The lowest BCUT2D eigenvalue weighted by molar-refractivity contribution is 0.196. The third-order valence-electron chi connectivity index (χ3n) is 2.63. The van der Waals surface area contributed by atoms with Gasteiger partial charge in [-0.15, -0.1) is 0 Å². The number of hydrogen-bond donors (Lipinski definition) is 2. The first-order chi connectivity index (χ1) is 9.51. The van der Waals surface area contributed by atoms with Crippen LogP contribution in [-0.4, -0.2) is 40.4 Å². The summed E-state index contributed by atoms with van der Waals surface area (Å²) in [6, 6.07) is 4.72. The number of aryl methyl sites for hydroxylation is 1. The highest BCUT2D eigenvalue weighted by Gasteiger charge is 2.13. The van der Waals surface area contributed by atoms with Crippen LogP contribution in [0.5, 0.6) is 0 Å². The summed E-state index contributed by atoms with van der Waals surface area (Å²) in [7, 11) is -1.93. The fourth-order valence-corrected chi connectivity index (χ4v) is 2.74. The van der Waals surface area contributed by atoms with Crippen LogP contribution in [0.1, 0.15) is 17.5 Å². The lowest BCUT2D eigenvalue weighted by Gasteiger charge is -2.08. The number of nitrogens with one attached hydrogen (secondary N) is 1. The van der Waals surface area contributed by atoms with E-state index in [-0.39, 0.29) is 11.5 Å². The van der Waals surface area contributed by atoms with Crippen LogP contribution >= 0.6 is 0 Å². The van der Waals surface area contributed by atoms with Crippen molar-refractivity contribution in [2.75, 3.05) is 26.9 Å².